The summed E-state index contributed by atoms with van der Waals surface area (Å²) in [5.41, 5.74) is 2.39. The minimum atomic E-state index is -1.14. The van der Waals surface area contributed by atoms with Crippen LogP contribution in [0, 0.1) is 0 Å². The number of hydrogen-bond acceptors (Lipinski definition) is 5. The van der Waals surface area contributed by atoms with Gasteiger partial charge in [-0.15, -0.1) is 11.3 Å². The number of fused-ring (bicyclic) bond motifs is 1. The van der Waals surface area contributed by atoms with E-state index in [-0.39, 0.29) is 28.0 Å². The van der Waals surface area contributed by atoms with E-state index in [0.29, 0.717) is 0 Å². The minimum Gasteiger partial charge on any atom is -0.478 e. The van der Waals surface area contributed by atoms with E-state index in [1.165, 1.54) is 29.5 Å². The highest BCUT2D eigenvalue weighted by Crippen LogP contribution is 2.39. The third kappa shape index (κ3) is 3.77. The van der Waals surface area contributed by atoms with Gasteiger partial charge in [0.15, 0.2) is 11.6 Å². The van der Waals surface area contributed by atoms with Gasteiger partial charge in [0.1, 0.15) is 5.00 Å². The molecule has 5 nitrogen and oxygen atoms in total. The van der Waals surface area contributed by atoms with Crippen LogP contribution in [0.3, 0.4) is 0 Å². The van der Waals surface area contributed by atoms with Crippen LogP contribution in [0.4, 0.5) is 16.4 Å². The predicted octanol–water partition coefficient (Wildman–Crippen LogP) is 6.38. The Balaban J connectivity index is 1.52. The molecule has 0 saturated heterocycles. The summed E-state index contributed by atoms with van der Waals surface area (Å²) in [4.78, 5) is 39.8. The van der Waals surface area contributed by atoms with E-state index in [0.717, 1.165) is 21.3 Å². The first kappa shape index (κ1) is 20.6. The molecule has 1 N–H and O–H groups in total. The first-order chi connectivity index (χ1) is 16.0. The highest BCUT2D eigenvalue weighted by atomic mass is 32.1. The number of carbonyl (C=O) groups is 3. The lowest BCUT2D eigenvalue weighted by atomic mass is 10.1. The number of carboxylic acid groups (broad SMARTS) is 1. The fourth-order valence-electron chi connectivity index (χ4n) is 3.83. The lowest BCUT2D eigenvalue weighted by Gasteiger charge is -2.23. The van der Waals surface area contributed by atoms with Crippen molar-refractivity contribution in [2.45, 2.75) is 0 Å². The van der Waals surface area contributed by atoms with E-state index >= 15 is 0 Å². The van der Waals surface area contributed by atoms with E-state index in [1.807, 2.05) is 72.8 Å². The Morgan fingerprint density at radius 1 is 0.758 bits per heavy atom. The molecule has 160 valence electrons. The van der Waals surface area contributed by atoms with Crippen molar-refractivity contribution in [1.82, 2.24) is 0 Å². The zero-order chi connectivity index (χ0) is 22.9. The molecule has 1 aromatic heterocycles. The first-order valence-electron chi connectivity index (χ1n) is 10.2. The summed E-state index contributed by atoms with van der Waals surface area (Å²) in [5, 5.41) is 10.1. The number of para-hydroxylation sites is 2. The fourth-order valence-corrected chi connectivity index (χ4v) is 4.82. The van der Waals surface area contributed by atoms with Gasteiger partial charge in [0.05, 0.1) is 11.1 Å². The van der Waals surface area contributed by atoms with Crippen molar-refractivity contribution in [1.29, 1.82) is 0 Å². The van der Waals surface area contributed by atoms with Gasteiger partial charge in [-0.3, -0.25) is 9.59 Å². The van der Waals surface area contributed by atoms with Crippen LogP contribution in [0.2, 0.25) is 0 Å². The van der Waals surface area contributed by atoms with Gasteiger partial charge in [-0.2, -0.15) is 0 Å². The van der Waals surface area contributed by atoms with Gasteiger partial charge >= 0.3 is 5.97 Å². The molecule has 0 spiro atoms. The number of thiophene rings is 1. The van der Waals surface area contributed by atoms with Crippen molar-refractivity contribution in [2.24, 2.45) is 0 Å². The van der Waals surface area contributed by atoms with Gasteiger partial charge in [0.25, 0.3) is 0 Å². The zero-order valence-corrected chi connectivity index (χ0v) is 18.1. The maximum absolute atomic E-state index is 12.9. The van der Waals surface area contributed by atoms with Crippen LogP contribution in [0.15, 0.2) is 96.6 Å². The molecule has 0 aliphatic heterocycles. The maximum atomic E-state index is 12.9. The van der Waals surface area contributed by atoms with Crippen LogP contribution < -0.4 is 4.90 Å². The molecular weight excluding hydrogens is 434 g/mol. The summed E-state index contributed by atoms with van der Waals surface area (Å²) < 4.78 is 0. The molecule has 0 saturated carbocycles. The van der Waals surface area contributed by atoms with Crippen molar-refractivity contribution in [3.63, 3.8) is 0 Å². The molecule has 0 radical (unpaired) electrons. The van der Waals surface area contributed by atoms with Gasteiger partial charge in [0, 0.05) is 27.4 Å². The maximum Gasteiger partial charge on any atom is 0.335 e. The number of anilines is 3. The van der Waals surface area contributed by atoms with Crippen LogP contribution >= 0.6 is 11.3 Å². The summed E-state index contributed by atoms with van der Waals surface area (Å²) >= 11 is 1.46. The fraction of sp³-hybridized carbons (Fsp3) is 0. The molecule has 0 unspecified atom stereocenters. The number of ketones is 2. The summed E-state index contributed by atoms with van der Waals surface area (Å²) in [6.07, 6.45) is 1.59. The average molecular weight is 452 g/mol. The zero-order valence-electron chi connectivity index (χ0n) is 17.3. The topological polar surface area (TPSA) is 74.7 Å². The SMILES string of the molecule is O=C(O)c1ccc2c(c1)C(=O)/C(=C/c1ccc(N(c3ccccc3)c3ccccc3)s1)C2=O. The van der Waals surface area contributed by atoms with Crippen LogP contribution in [0.5, 0.6) is 0 Å². The Morgan fingerprint density at radius 3 is 1.97 bits per heavy atom. The van der Waals surface area contributed by atoms with Gasteiger partial charge < -0.3 is 10.0 Å². The molecule has 4 aromatic rings. The van der Waals surface area contributed by atoms with Crippen LogP contribution in [-0.4, -0.2) is 22.6 Å². The van der Waals surface area contributed by atoms with E-state index in [2.05, 4.69) is 4.90 Å². The number of hydrogen-bond donors (Lipinski definition) is 1. The van der Waals surface area contributed by atoms with Crippen molar-refractivity contribution in [2.75, 3.05) is 4.90 Å². The van der Waals surface area contributed by atoms with Gasteiger partial charge in [0.2, 0.25) is 0 Å². The number of aromatic carboxylic acids is 1. The van der Waals surface area contributed by atoms with E-state index in [9.17, 15) is 19.5 Å². The molecule has 1 heterocycles. The quantitative estimate of drug-likeness (QED) is 0.282. The van der Waals surface area contributed by atoms with Crippen LogP contribution in [0.1, 0.15) is 36.0 Å². The monoisotopic (exact) mass is 451 g/mol. The van der Waals surface area contributed by atoms with Crippen molar-refractivity contribution >= 4 is 51.3 Å². The highest BCUT2D eigenvalue weighted by Gasteiger charge is 2.33. The first-order valence-corrected chi connectivity index (χ1v) is 11.0. The third-order valence-corrected chi connectivity index (χ3v) is 6.41. The average Bonchev–Trinajstić information content (AvgIpc) is 3.39. The second kappa shape index (κ2) is 8.33. The van der Waals surface area contributed by atoms with E-state index in [1.54, 1.807) is 6.08 Å². The minimum absolute atomic E-state index is 0.0177. The Hall–Kier alpha value is -4.29. The Kier molecular flexibility index (Phi) is 5.20. The Bertz CT molecular complexity index is 1380. The van der Waals surface area contributed by atoms with Gasteiger partial charge in [-0.25, -0.2) is 4.79 Å². The number of Topliss-reactive ketones (excluding diaryl/α,β-unsaturated/α-hetero) is 2. The second-order valence-electron chi connectivity index (χ2n) is 7.46. The molecule has 3 aromatic carbocycles. The molecule has 0 amide bonds. The Labute approximate surface area is 193 Å². The van der Waals surface area contributed by atoms with Crippen LogP contribution in [-0.2, 0) is 0 Å². The predicted molar refractivity (Wildman–Crippen MR) is 129 cm³/mol. The number of benzene rings is 3. The molecule has 5 rings (SSSR count). The lowest BCUT2D eigenvalue weighted by molar-refractivity contribution is 0.0696. The summed E-state index contributed by atoms with van der Waals surface area (Å²) in [6, 6.07) is 27.7. The number of allylic oxidation sites excluding steroid dienone is 1. The molecule has 0 bridgehead atoms. The lowest BCUT2D eigenvalue weighted by Crippen LogP contribution is -2.07. The normalized spacial score (nSPS) is 13.9. The highest BCUT2D eigenvalue weighted by molar-refractivity contribution is 7.17. The van der Waals surface area contributed by atoms with Crippen LogP contribution in [0.25, 0.3) is 6.08 Å². The van der Waals surface area contributed by atoms with Gasteiger partial charge in [-0.05, 0) is 60.7 Å². The number of nitrogens with zero attached hydrogens (tertiary/aromatic N) is 1. The molecule has 1 aliphatic rings. The third-order valence-electron chi connectivity index (χ3n) is 5.39. The Morgan fingerprint density at radius 2 is 1.36 bits per heavy atom. The summed E-state index contributed by atoms with van der Waals surface area (Å²) in [5.74, 6) is -1.97. The molecule has 0 atom stereocenters. The molecule has 6 heteroatoms. The molecule has 33 heavy (non-hydrogen) atoms. The van der Waals surface area contributed by atoms with Crippen molar-refractivity contribution in [3.8, 4) is 0 Å². The molecule has 0 fully saturated rings. The van der Waals surface area contributed by atoms with Gasteiger partial charge in [-0.1, -0.05) is 36.4 Å². The second-order valence-corrected chi connectivity index (χ2v) is 8.56. The number of carboxylic acids is 1. The van der Waals surface area contributed by atoms with Crippen molar-refractivity contribution < 1.29 is 19.5 Å². The van der Waals surface area contributed by atoms with Crippen molar-refractivity contribution in [3.05, 3.63) is 118 Å². The number of rotatable bonds is 5. The standard InChI is InChI=1S/C27H17NO4S/c29-25-21-13-11-17(27(31)32)15-22(21)26(30)23(25)16-20-12-14-24(33-20)28(18-7-3-1-4-8-18)19-9-5-2-6-10-19/h1-16H,(H,31,32)/b23-16+. The smallest absolute Gasteiger partial charge is 0.335 e. The van der Waals surface area contributed by atoms with E-state index < -0.39 is 11.8 Å². The largest absolute Gasteiger partial charge is 0.478 e. The molecular formula is C27H17NO4S. The number of carbonyl (C=O) groups excluding carboxylic acids is 2. The summed E-state index contributed by atoms with van der Waals surface area (Å²) in [6.45, 7) is 0. The van der Waals surface area contributed by atoms with E-state index in [4.69, 9.17) is 0 Å². The summed E-state index contributed by atoms with van der Waals surface area (Å²) in [7, 11) is 0. The molecule has 1 aliphatic carbocycles.